The maximum Gasteiger partial charge on any atom is 0.263 e. The molecule has 4 rings (SSSR count). The van der Waals surface area contributed by atoms with Gasteiger partial charge in [-0.15, -0.1) is 11.3 Å². The van der Waals surface area contributed by atoms with E-state index in [-0.39, 0.29) is 5.91 Å². The fourth-order valence-corrected chi connectivity index (χ4v) is 4.41. The number of fused-ring (bicyclic) bond motifs is 1. The van der Waals surface area contributed by atoms with E-state index in [2.05, 4.69) is 21.7 Å². The van der Waals surface area contributed by atoms with Gasteiger partial charge in [0, 0.05) is 19.4 Å². The van der Waals surface area contributed by atoms with Crippen LogP contribution in [0.3, 0.4) is 0 Å². The Morgan fingerprint density at radius 2 is 2.24 bits per heavy atom. The van der Waals surface area contributed by atoms with Gasteiger partial charge in [0.15, 0.2) is 0 Å². The van der Waals surface area contributed by atoms with Crippen molar-refractivity contribution in [2.24, 2.45) is 5.92 Å². The molecule has 0 aliphatic carbocycles. The summed E-state index contributed by atoms with van der Waals surface area (Å²) < 4.78 is 5.52. The molecule has 1 aromatic carbocycles. The zero-order chi connectivity index (χ0) is 17.1. The molecular formula is C19H23N3O2S. The Morgan fingerprint density at radius 3 is 3.12 bits per heavy atom. The fourth-order valence-electron chi connectivity index (χ4n) is 3.46. The topological polar surface area (TPSA) is 63.2 Å². The van der Waals surface area contributed by atoms with Gasteiger partial charge in [0.1, 0.15) is 10.6 Å². The van der Waals surface area contributed by atoms with Gasteiger partial charge in [-0.3, -0.25) is 4.79 Å². The maximum atomic E-state index is 12.4. The van der Waals surface area contributed by atoms with Gasteiger partial charge < -0.3 is 15.4 Å². The molecule has 0 saturated carbocycles. The van der Waals surface area contributed by atoms with E-state index in [1.807, 2.05) is 12.1 Å². The molecule has 1 aromatic heterocycles. The van der Waals surface area contributed by atoms with Crippen molar-refractivity contribution in [2.75, 3.05) is 19.7 Å². The standard InChI is InChI=1S/C19H23N3O2S/c23-19(22-11-14-1-2-16-15(9-14)5-8-24-16)17-12-21-18(25-17)10-13-3-6-20-7-4-13/h1-2,9,12-13,20H,3-8,10-11H2,(H,22,23). The van der Waals surface area contributed by atoms with Crippen molar-refractivity contribution < 1.29 is 9.53 Å². The third-order valence-electron chi connectivity index (χ3n) is 4.91. The smallest absolute Gasteiger partial charge is 0.263 e. The highest BCUT2D eigenvalue weighted by atomic mass is 32.1. The van der Waals surface area contributed by atoms with Gasteiger partial charge in [-0.1, -0.05) is 12.1 Å². The van der Waals surface area contributed by atoms with Crippen LogP contribution in [0.25, 0.3) is 0 Å². The second-order valence-electron chi connectivity index (χ2n) is 6.74. The number of nitrogens with one attached hydrogen (secondary N) is 2. The van der Waals surface area contributed by atoms with Crippen LogP contribution in [0.15, 0.2) is 24.4 Å². The van der Waals surface area contributed by atoms with E-state index >= 15 is 0 Å². The Labute approximate surface area is 151 Å². The molecule has 132 valence electrons. The molecule has 1 fully saturated rings. The summed E-state index contributed by atoms with van der Waals surface area (Å²) in [6, 6.07) is 6.13. The molecule has 0 spiro atoms. The molecule has 2 aliphatic rings. The maximum absolute atomic E-state index is 12.4. The largest absolute Gasteiger partial charge is 0.493 e. The van der Waals surface area contributed by atoms with Crippen molar-refractivity contribution in [3.63, 3.8) is 0 Å². The van der Waals surface area contributed by atoms with Gasteiger partial charge in [0.25, 0.3) is 5.91 Å². The second-order valence-corrected chi connectivity index (χ2v) is 7.85. The first-order valence-electron chi connectivity index (χ1n) is 8.96. The summed E-state index contributed by atoms with van der Waals surface area (Å²) in [4.78, 5) is 17.5. The molecule has 25 heavy (non-hydrogen) atoms. The van der Waals surface area contributed by atoms with Crippen LogP contribution >= 0.6 is 11.3 Å². The van der Waals surface area contributed by atoms with E-state index in [4.69, 9.17) is 4.74 Å². The van der Waals surface area contributed by atoms with Gasteiger partial charge in [-0.05, 0) is 49.0 Å². The number of carbonyl (C=O) groups excluding carboxylic acids is 1. The van der Waals surface area contributed by atoms with Crippen LogP contribution in [-0.4, -0.2) is 30.6 Å². The predicted octanol–water partition coefficient (Wildman–Crippen LogP) is 2.55. The van der Waals surface area contributed by atoms with Gasteiger partial charge in [-0.25, -0.2) is 4.98 Å². The first-order valence-corrected chi connectivity index (χ1v) is 9.78. The molecule has 6 heteroatoms. The predicted molar refractivity (Wildman–Crippen MR) is 98.2 cm³/mol. The lowest BCUT2D eigenvalue weighted by Gasteiger charge is -2.21. The fraction of sp³-hybridized carbons (Fsp3) is 0.474. The first-order chi connectivity index (χ1) is 12.3. The average Bonchev–Trinajstić information content (AvgIpc) is 3.29. The van der Waals surface area contributed by atoms with Gasteiger partial charge in [-0.2, -0.15) is 0 Å². The Kier molecular flexibility index (Phi) is 4.99. The monoisotopic (exact) mass is 357 g/mol. The second kappa shape index (κ2) is 7.54. The molecule has 3 heterocycles. The molecule has 0 unspecified atom stereocenters. The SMILES string of the molecule is O=C(NCc1ccc2c(c1)CCO2)c1cnc(CC2CCNCC2)s1. The third-order valence-corrected chi connectivity index (χ3v) is 5.92. The number of nitrogens with zero attached hydrogens (tertiary/aromatic N) is 1. The minimum absolute atomic E-state index is 0.0363. The number of amides is 1. The number of hydrogen-bond donors (Lipinski definition) is 2. The van der Waals surface area contributed by atoms with Crippen molar-refractivity contribution >= 4 is 17.2 Å². The molecule has 2 aliphatic heterocycles. The summed E-state index contributed by atoms with van der Waals surface area (Å²) in [7, 11) is 0. The molecular weight excluding hydrogens is 334 g/mol. The van der Waals surface area contributed by atoms with E-state index in [0.29, 0.717) is 17.3 Å². The van der Waals surface area contributed by atoms with E-state index in [1.54, 1.807) is 6.20 Å². The van der Waals surface area contributed by atoms with Crippen molar-refractivity contribution in [1.82, 2.24) is 15.6 Å². The summed E-state index contributed by atoms with van der Waals surface area (Å²) in [5, 5.41) is 7.46. The van der Waals surface area contributed by atoms with Gasteiger partial charge in [0.2, 0.25) is 0 Å². The molecule has 0 atom stereocenters. The van der Waals surface area contributed by atoms with Crippen LogP contribution in [0.2, 0.25) is 0 Å². The molecule has 2 aromatic rings. The molecule has 1 saturated heterocycles. The summed E-state index contributed by atoms with van der Waals surface area (Å²) in [6.45, 7) is 3.48. The minimum Gasteiger partial charge on any atom is -0.493 e. The summed E-state index contributed by atoms with van der Waals surface area (Å²) in [5.41, 5.74) is 2.34. The van der Waals surface area contributed by atoms with Crippen molar-refractivity contribution in [3.05, 3.63) is 45.4 Å². The number of hydrogen-bond acceptors (Lipinski definition) is 5. The first kappa shape index (κ1) is 16.5. The lowest BCUT2D eigenvalue weighted by molar-refractivity contribution is 0.0954. The number of aromatic nitrogens is 1. The molecule has 0 bridgehead atoms. The minimum atomic E-state index is -0.0363. The van der Waals surface area contributed by atoms with Crippen LogP contribution in [-0.2, 0) is 19.4 Å². The van der Waals surface area contributed by atoms with E-state index in [1.165, 1.54) is 29.7 Å². The Morgan fingerprint density at radius 1 is 1.36 bits per heavy atom. The Hall–Kier alpha value is -1.92. The van der Waals surface area contributed by atoms with E-state index in [9.17, 15) is 4.79 Å². The van der Waals surface area contributed by atoms with Crippen molar-refractivity contribution in [2.45, 2.75) is 32.2 Å². The van der Waals surface area contributed by atoms with E-state index < -0.39 is 0 Å². The van der Waals surface area contributed by atoms with E-state index in [0.717, 1.165) is 48.9 Å². The molecule has 2 N–H and O–H groups in total. The van der Waals surface area contributed by atoms with Crippen LogP contribution in [0.5, 0.6) is 5.75 Å². The van der Waals surface area contributed by atoms with Crippen LogP contribution in [0.4, 0.5) is 0 Å². The number of piperidine rings is 1. The summed E-state index contributed by atoms with van der Waals surface area (Å²) in [5.74, 6) is 1.63. The number of benzene rings is 1. The van der Waals surface area contributed by atoms with Crippen LogP contribution < -0.4 is 15.4 Å². The molecule has 0 radical (unpaired) electrons. The summed E-state index contributed by atoms with van der Waals surface area (Å²) >= 11 is 1.53. The Bertz CT molecular complexity index is 753. The third kappa shape index (κ3) is 4.02. The van der Waals surface area contributed by atoms with Gasteiger partial charge in [0.05, 0.1) is 17.8 Å². The molecule has 1 amide bonds. The number of carbonyl (C=O) groups is 1. The number of thiazole rings is 1. The molecule has 5 nitrogen and oxygen atoms in total. The summed E-state index contributed by atoms with van der Waals surface area (Å²) in [6.07, 6.45) is 6.05. The van der Waals surface area contributed by atoms with Crippen molar-refractivity contribution in [1.29, 1.82) is 0 Å². The highest BCUT2D eigenvalue weighted by Gasteiger charge is 2.17. The highest BCUT2D eigenvalue weighted by Crippen LogP contribution is 2.26. The van der Waals surface area contributed by atoms with Crippen LogP contribution in [0.1, 0.15) is 38.6 Å². The van der Waals surface area contributed by atoms with Crippen LogP contribution in [0, 0.1) is 5.92 Å². The van der Waals surface area contributed by atoms with Gasteiger partial charge >= 0.3 is 0 Å². The number of rotatable bonds is 5. The average molecular weight is 357 g/mol. The highest BCUT2D eigenvalue weighted by molar-refractivity contribution is 7.13. The lowest BCUT2D eigenvalue weighted by atomic mass is 9.95. The lowest BCUT2D eigenvalue weighted by Crippen LogP contribution is -2.28. The van der Waals surface area contributed by atoms with Crippen molar-refractivity contribution in [3.8, 4) is 5.75 Å². The normalized spacial score (nSPS) is 17.1. The zero-order valence-corrected chi connectivity index (χ0v) is 15.0. The zero-order valence-electron chi connectivity index (χ0n) is 14.2. The quantitative estimate of drug-likeness (QED) is 0.863. The Balaban J connectivity index is 1.32. The number of ether oxygens (including phenoxy) is 1.